The minimum Gasteiger partial charge on any atom is -0.466 e. The van der Waals surface area contributed by atoms with E-state index in [1.165, 1.54) is 7.11 Å². The maximum absolute atomic E-state index is 11.4. The molecule has 1 aliphatic carbocycles. The lowest BCUT2D eigenvalue weighted by Gasteiger charge is -2.22. The van der Waals surface area contributed by atoms with Crippen LogP contribution in [0, 0.1) is 11.3 Å². The first-order valence-electron chi connectivity index (χ1n) is 7.95. The Kier molecular flexibility index (Phi) is 4.76. The van der Waals surface area contributed by atoms with Crippen LogP contribution in [0.25, 0.3) is 11.3 Å². The molecule has 1 heterocycles. The van der Waals surface area contributed by atoms with Gasteiger partial charge in [0.1, 0.15) is 11.6 Å². The van der Waals surface area contributed by atoms with Crippen molar-refractivity contribution in [1.82, 2.24) is 4.98 Å². The van der Waals surface area contributed by atoms with E-state index in [4.69, 9.17) is 4.74 Å². The number of ether oxygens (including phenoxy) is 2. The monoisotopic (exact) mass is 322 g/mol. The standard InChI is InChI=1S/C19H18N2O3/c1-23-17(22)12-24-19-16(11-20)14-9-5-6-10-15(14)18(21-19)13-7-3-2-4-8-13/h2-4,7-8H,5-6,9-10,12H2,1H3. The molecular formula is C19H18N2O3. The second kappa shape index (κ2) is 7.14. The molecule has 0 spiro atoms. The fourth-order valence-electron chi connectivity index (χ4n) is 3.04. The lowest BCUT2D eigenvalue weighted by Crippen LogP contribution is -2.16. The zero-order valence-electron chi connectivity index (χ0n) is 13.5. The number of aromatic nitrogens is 1. The Morgan fingerprint density at radius 1 is 1.21 bits per heavy atom. The summed E-state index contributed by atoms with van der Waals surface area (Å²) in [5, 5.41) is 9.57. The van der Waals surface area contributed by atoms with E-state index in [2.05, 4.69) is 15.8 Å². The molecule has 24 heavy (non-hydrogen) atoms. The Morgan fingerprint density at radius 2 is 1.92 bits per heavy atom. The van der Waals surface area contributed by atoms with Crippen LogP contribution in [0.3, 0.4) is 0 Å². The predicted octanol–water partition coefficient (Wildman–Crippen LogP) is 3.05. The number of fused-ring (bicyclic) bond motifs is 1. The molecule has 1 aromatic carbocycles. The van der Waals surface area contributed by atoms with Gasteiger partial charge in [-0.3, -0.25) is 0 Å². The van der Waals surface area contributed by atoms with Crippen molar-refractivity contribution < 1.29 is 14.3 Å². The van der Waals surface area contributed by atoms with Crippen LogP contribution in [0.2, 0.25) is 0 Å². The normalized spacial score (nSPS) is 12.8. The number of nitriles is 1. The number of pyridine rings is 1. The van der Waals surface area contributed by atoms with Gasteiger partial charge >= 0.3 is 5.97 Å². The molecule has 1 aliphatic rings. The van der Waals surface area contributed by atoms with E-state index in [-0.39, 0.29) is 12.5 Å². The topological polar surface area (TPSA) is 72.2 Å². The minimum absolute atomic E-state index is 0.211. The molecule has 0 N–H and O–H groups in total. The Morgan fingerprint density at radius 3 is 2.58 bits per heavy atom. The molecule has 0 saturated carbocycles. The van der Waals surface area contributed by atoms with Crippen molar-refractivity contribution >= 4 is 5.97 Å². The van der Waals surface area contributed by atoms with Crippen LogP contribution in [0.15, 0.2) is 30.3 Å². The molecule has 3 rings (SSSR count). The van der Waals surface area contributed by atoms with Gasteiger partial charge in [-0.1, -0.05) is 30.3 Å². The summed E-state index contributed by atoms with van der Waals surface area (Å²) < 4.78 is 10.1. The number of rotatable bonds is 4. The molecule has 0 bridgehead atoms. The summed E-state index contributed by atoms with van der Waals surface area (Å²) >= 11 is 0. The SMILES string of the molecule is COC(=O)COc1nc(-c2ccccc2)c2c(c1C#N)CCCC2. The van der Waals surface area contributed by atoms with Gasteiger partial charge in [-0.25, -0.2) is 9.78 Å². The van der Waals surface area contributed by atoms with Crippen LogP contribution in [-0.2, 0) is 22.4 Å². The number of nitrogens with zero attached hydrogens (tertiary/aromatic N) is 2. The number of carbonyl (C=O) groups is 1. The van der Waals surface area contributed by atoms with E-state index in [0.717, 1.165) is 48.1 Å². The Bertz CT molecular complexity index is 794. The highest BCUT2D eigenvalue weighted by atomic mass is 16.6. The third-order valence-electron chi connectivity index (χ3n) is 4.20. The quantitative estimate of drug-likeness (QED) is 0.809. The third-order valence-corrected chi connectivity index (χ3v) is 4.20. The Hall–Kier alpha value is -2.87. The summed E-state index contributed by atoms with van der Waals surface area (Å²) in [4.78, 5) is 16.0. The number of methoxy groups -OCH3 is 1. The lowest BCUT2D eigenvalue weighted by atomic mass is 9.86. The summed E-state index contributed by atoms with van der Waals surface area (Å²) in [5.74, 6) is -0.290. The van der Waals surface area contributed by atoms with Gasteiger partial charge in [-0.05, 0) is 36.8 Å². The first-order chi connectivity index (χ1) is 11.7. The van der Waals surface area contributed by atoms with Crippen molar-refractivity contribution in [1.29, 1.82) is 5.26 Å². The highest BCUT2D eigenvalue weighted by Gasteiger charge is 2.24. The maximum atomic E-state index is 11.4. The molecule has 122 valence electrons. The van der Waals surface area contributed by atoms with E-state index in [1.807, 2.05) is 30.3 Å². The van der Waals surface area contributed by atoms with Gasteiger partial charge in [0.15, 0.2) is 6.61 Å². The zero-order valence-corrected chi connectivity index (χ0v) is 13.5. The molecule has 0 radical (unpaired) electrons. The second-order valence-electron chi connectivity index (χ2n) is 5.65. The summed E-state index contributed by atoms with van der Waals surface area (Å²) in [5.41, 5.74) is 4.38. The Labute approximate surface area is 140 Å². The molecule has 0 aliphatic heterocycles. The number of benzene rings is 1. The van der Waals surface area contributed by atoms with Crippen molar-refractivity contribution in [2.45, 2.75) is 25.7 Å². The number of hydrogen-bond donors (Lipinski definition) is 0. The van der Waals surface area contributed by atoms with Crippen LogP contribution in [0.5, 0.6) is 5.88 Å². The van der Waals surface area contributed by atoms with E-state index in [0.29, 0.717) is 5.56 Å². The molecule has 5 heteroatoms. The van der Waals surface area contributed by atoms with Gasteiger partial charge in [0.2, 0.25) is 5.88 Å². The molecule has 0 unspecified atom stereocenters. The maximum Gasteiger partial charge on any atom is 0.343 e. The van der Waals surface area contributed by atoms with Crippen LogP contribution in [-0.4, -0.2) is 24.7 Å². The van der Waals surface area contributed by atoms with Gasteiger partial charge in [0.05, 0.1) is 12.8 Å². The highest BCUT2D eigenvalue weighted by molar-refractivity contribution is 5.72. The van der Waals surface area contributed by atoms with Crippen LogP contribution >= 0.6 is 0 Å². The van der Waals surface area contributed by atoms with E-state index < -0.39 is 5.97 Å². The van der Waals surface area contributed by atoms with Crippen LogP contribution < -0.4 is 4.74 Å². The number of esters is 1. The average Bonchev–Trinajstić information content (AvgIpc) is 2.65. The fourth-order valence-corrected chi connectivity index (χ4v) is 3.04. The van der Waals surface area contributed by atoms with E-state index >= 15 is 0 Å². The van der Waals surface area contributed by atoms with Crippen LogP contribution in [0.1, 0.15) is 29.5 Å². The molecule has 0 atom stereocenters. The number of carbonyl (C=O) groups excluding carboxylic acids is 1. The minimum atomic E-state index is -0.500. The summed E-state index contributed by atoms with van der Waals surface area (Å²) in [6.07, 6.45) is 3.85. The van der Waals surface area contributed by atoms with Crippen molar-refractivity contribution in [3.05, 3.63) is 47.0 Å². The van der Waals surface area contributed by atoms with Crippen LogP contribution in [0.4, 0.5) is 0 Å². The first-order valence-corrected chi connectivity index (χ1v) is 7.95. The van der Waals surface area contributed by atoms with Crippen molar-refractivity contribution in [2.24, 2.45) is 0 Å². The first kappa shape index (κ1) is 16.0. The molecule has 2 aromatic rings. The van der Waals surface area contributed by atoms with Gasteiger partial charge in [0, 0.05) is 5.56 Å². The molecule has 1 aromatic heterocycles. The van der Waals surface area contributed by atoms with E-state index in [9.17, 15) is 10.1 Å². The van der Waals surface area contributed by atoms with E-state index in [1.54, 1.807) is 0 Å². The lowest BCUT2D eigenvalue weighted by molar-refractivity contribution is -0.143. The van der Waals surface area contributed by atoms with Crippen molar-refractivity contribution in [3.63, 3.8) is 0 Å². The average molecular weight is 322 g/mol. The van der Waals surface area contributed by atoms with Gasteiger partial charge < -0.3 is 9.47 Å². The largest absolute Gasteiger partial charge is 0.466 e. The molecule has 0 saturated heterocycles. The Balaban J connectivity index is 2.12. The molecule has 0 amide bonds. The summed E-state index contributed by atoms with van der Waals surface area (Å²) in [6.45, 7) is -0.259. The zero-order chi connectivity index (χ0) is 16.9. The molecule has 5 nitrogen and oxygen atoms in total. The van der Waals surface area contributed by atoms with Crippen molar-refractivity contribution in [3.8, 4) is 23.2 Å². The third kappa shape index (κ3) is 3.09. The smallest absolute Gasteiger partial charge is 0.343 e. The van der Waals surface area contributed by atoms with Crippen molar-refractivity contribution in [2.75, 3.05) is 13.7 Å². The second-order valence-corrected chi connectivity index (χ2v) is 5.65. The predicted molar refractivity (Wildman–Crippen MR) is 88.5 cm³/mol. The molecule has 0 fully saturated rings. The summed E-state index contributed by atoms with van der Waals surface area (Å²) in [6, 6.07) is 12.1. The summed E-state index contributed by atoms with van der Waals surface area (Å²) in [7, 11) is 1.30. The van der Waals surface area contributed by atoms with Gasteiger partial charge in [-0.2, -0.15) is 5.26 Å². The molecular weight excluding hydrogens is 304 g/mol. The van der Waals surface area contributed by atoms with Gasteiger partial charge in [0.25, 0.3) is 0 Å². The van der Waals surface area contributed by atoms with Gasteiger partial charge in [-0.15, -0.1) is 0 Å². The highest BCUT2D eigenvalue weighted by Crippen LogP contribution is 2.36. The number of hydrogen-bond acceptors (Lipinski definition) is 5. The fraction of sp³-hybridized carbons (Fsp3) is 0.316.